The van der Waals surface area contributed by atoms with Crippen LogP contribution >= 0.6 is 11.6 Å². The summed E-state index contributed by atoms with van der Waals surface area (Å²) in [7, 11) is 0. The molecule has 1 saturated carbocycles. The standard InChI is InChI=1S/C17H25ClFN/c1-13(2)11-20-12-17(7-3-4-8-17)10-14-5-6-16(19)15(18)9-14/h5-6,9,13,20H,3-4,7-8,10-12H2,1-2H3. The van der Waals surface area contributed by atoms with Gasteiger partial charge in [0.05, 0.1) is 5.02 Å². The zero-order chi connectivity index (χ0) is 14.6. The fraction of sp³-hybridized carbons (Fsp3) is 0.647. The summed E-state index contributed by atoms with van der Waals surface area (Å²) in [6, 6.07) is 5.16. The van der Waals surface area contributed by atoms with Crippen LogP contribution in [0.2, 0.25) is 5.02 Å². The first-order chi connectivity index (χ1) is 9.51. The first-order valence-electron chi connectivity index (χ1n) is 7.65. The molecule has 0 aromatic heterocycles. The van der Waals surface area contributed by atoms with Gasteiger partial charge in [-0.25, -0.2) is 4.39 Å². The second kappa shape index (κ2) is 6.91. The average Bonchev–Trinajstić information content (AvgIpc) is 2.82. The minimum Gasteiger partial charge on any atom is -0.316 e. The van der Waals surface area contributed by atoms with Gasteiger partial charge in [-0.05, 0) is 54.8 Å². The van der Waals surface area contributed by atoms with E-state index in [-0.39, 0.29) is 10.8 Å². The quantitative estimate of drug-likeness (QED) is 0.793. The highest BCUT2D eigenvalue weighted by Gasteiger charge is 2.33. The van der Waals surface area contributed by atoms with E-state index < -0.39 is 0 Å². The van der Waals surface area contributed by atoms with Crippen molar-refractivity contribution in [2.45, 2.75) is 46.0 Å². The lowest BCUT2D eigenvalue weighted by Gasteiger charge is -2.30. The SMILES string of the molecule is CC(C)CNCC1(Cc2ccc(F)c(Cl)c2)CCCC1. The number of hydrogen-bond acceptors (Lipinski definition) is 1. The van der Waals surface area contributed by atoms with Crippen LogP contribution in [0, 0.1) is 17.2 Å². The maximum absolute atomic E-state index is 13.3. The summed E-state index contributed by atoms with van der Waals surface area (Å²) in [5.74, 6) is 0.350. The Morgan fingerprint density at radius 3 is 2.60 bits per heavy atom. The molecule has 1 aliphatic carbocycles. The maximum atomic E-state index is 13.3. The molecule has 0 heterocycles. The smallest absolute Gasteiger partial charge is 0.141 e. The van der Waals surface area contributed by atoms with Gasteiger partial charge in [0.15, 0.2) is 0 Å². The average molecular weight is 298 g/mol. The zero-order valence-corrected chi connectivity index (χ0v) is 13.3. The highest BCUT2D eigenvalue weighted by molar-refractivity contribution is 6.30. The van der Waals surface area contributed by atoms with E-state index in [0.29, 0.717) is 11.3 Å². The van der Waals surface area contributed by atoms with Crippen molar-refractivity contribution < 1.29 is 4.39 Å². The summed E-state index contributed by atoms with van der Waals surface area (Å²) in [6.07, 6.45) is 6.12. The normalized spacial score (nSPS) is 17.9. The summed E-state index contributed by atoms with van der Waals surface area (Å²) in [5.41, 5.74) is 1.49. The zero-order valence-electron chi connectivity index (χ0n) is 12.5. The Labute approximate surface area is 126 Å². The fourth-order valence-corrected chi connectivity index (χ4v) is 3.45. The number of halogens is 2. The molecular formula is C17H25ClFN. The second-order valence-electron chi connectivity index (χ2n) is 6.66. The predicted octanol–water partition coefficient (Wildman–Crippen LogP) is 4.83. The largest absolute Gasteiger partial charge is 0.316 e. The molecule has 2 rings (SSSR count). The van der Waals surface area contributed by atoms with E-state index in [1.807, 2.05) is 6.07 Å². The van der Waals surface area contributed by atoms with Gasteiger partial charge in [0.25, 0.3) is 0 Å². The first-order valence-corrected chi connectivity index (χ1v) is 8.03. The van der Waals surface area contributed by atoms with Gasteiger partial charge in [-0.2, -0.15) is 0 Å². The van der Waals surface area contributed by atoms with Crippen molar-refractivity contribution in [1.82, 2.24) is 5.32 Å². The molecule has 0 spiro atoms. The molecule has 0 amide bonds. The molecule has 112 valence electrons. The Bertz CT molecular complexity index is 439. The molecule has 0 radical (unpaired) electrons. The van der Waals surface area contributed by atoms with Crippen LogP contribution in [0.5, 0.6) is 0 Å². The van der Waals surface area contributed by atoms with E-state index >= 15 is 0 Å². The van der Waals surface area contributed by atoms with Gasteiger partial charge in [-0.1, -0.05) is 44.4 Å². The maximum Gasteiger partial charge on any atom is 0.141 e. The Hall–Kier alpha value is -0.600. The van der Waals surface area contributed by atoms with Crippen molar-refractivity contribution in [2.24, 2.45) is 11.3 Å². The molecule has 1 aromatic rings. The molecule has 0 unspecified atom stereocenters. The van der Waals surface area contributed by atoms with Crippen LogP contribution < -0.4 is 5.32 Å². The van der Waals surface area contributed by atoms with Crippen LogP contribution in [0.25, 0.3) is 0 Å². The number of benzene rings is 1. The van der Waals surface area contributed by atoms with Gasteiger partial charge < -0.3 is 5.32 Å². The minimum atomic E-state index is -0.325. The van der Waals surface area contributed by atoms with Crippen molar-refractivity contribution in [1.29, 1.82) is 0 Å². The molecule has 20 heavy (non-hydrogen) atoms. The van der Waals surface area contributed by atoms with Crippen molar-refractivity contribution in [2.75, 3.05) is 13.1 Å². The summed E-state index contributed by atoms with van der Waals surface area (Å²) >= 11 is 5.90. The summed E-state index contributed by atoms with van der Waals surface area (Å²) in [4.78, 5) is 0. The second-order valence-corrected chi connectivity index (χ2v) is 7.06. The van der Waals surface area contributed by atoms with Gasteiger partial charge >= 0.3 is 0 Å². The predicted molar refractivity (Wildman–Crippen MR) is 83.7 cm³/mol. The third-order valence-electron chi connectivity index (χ3n) is 4.28. The van der Waals surface area contributed by atoms with Crippen LogP contribution in [0.4, 0.5) is 4.39 Å². The van der Waals surface area contributed by atoms with Gasteiger partial charge in [0.1, 0.15) is 5.82 Å². The third kappa shape index (κ3) is 4.20. The van der Waals surface area contributed by atoms with Crippen LogP contribution in [-0.4, -0.2) is 13.1 Å². The van der Waals surface area contributed by atoms with Crippen LogP contribution in [0.1, 0.15) is 45.1 Å². The Morgan fingerprint density at radius 2 is 2.00 bits per heavy atom. The molecule has 1 nitrogen and oxygen atoms in total. The molecule has 0 saturated heterocycles. The van der Waals surface area contributed by atoms with E-state index in [9.17, 15) is 4.39 Å². The van der Waals surface area contributed by atoms with Crippen molar-refractivity contribution in [3.8, 4) is 0 Å². The molecule has 0 aliphatic heterocycles. The van der Waals surface area contributed by atoms with Crippen molar-refractivity contribution in [3.63, 3.8) is 0 Å². The van der Waals surface area contributed by atoms with Crippen molar-refractivity contribution >= 4 is 11.6 Å². The van der Waals surface area contributed by atoms with E-state index in [1.54, 1.807) is 6.07 Å². The highest BCUT2D eigenvalue weighted by Crippen LogP contribution is 2.40. The van der Waals surface area contributed by atoms with E-state index in [0.717, 1.165) is 25.1 Å². The fourth-order valence-electron chi connectivity index (χ4n) is 3.25. The molecular weight excluding hydrogens is 273 g/mol. The van der Waals surface area contributed by atoms with Crippen molar-refractivity contribution in [3.05, 3.63) is 34.6 Å². The summed E-state index contributed by atoms with van der Waals surface area (Å²) < 4.78 is 13.3. The number of hydrogen-bond donors (Lipinski definition) is 1. The van der Waals surface area contributed by atoms with E-state index in [1.165, 1.54) is 31.7 Å². The van der Waals surface area contributed by atoms with Crippen LogP contribution in [0.3, 0.4) is 0 Å². The molecule has 1 aliphatic rings. The topological polar surface area (TPSA) is 12.0 Å². The van der Waals surface area contributed by atoms with Crippen LogP contribution in [-0.2, 0) is 6.42 Å². The summed E-state index contributed by atoms with van der Waals surface area (Å²) in [6.45, 7) is 6.58. The molecule has 0 atom stereocenters. The molecule has 1 N–H and O–H groups in total. The summed E-state index contributed by atoms with van der Waals surface area (Å²) in [5, 5.41) is 3.85. The Morgan fingerprint density at radius 1 is 1.30 bits per heavy atom. The Balaban J connectivity index is 2.02. The lowest BCUT2D eigenvalue weighted by atomic mass is 9.80. The minimum absolute atomic E-state index is 0.241. The molecule has 3 heteroatoms. The number of rotatable bonds is 6. The monoisotopic (exact) mass is 297 g/mol. The lowest BCUT2D eigenvalue weighted by Crippen LogP contribution is -2.35. The first kappa shape index (κ1) is 15.8. The third-order valence-corrected chi connectivity index (χ3v) is 4.57. The van der Waals surface area contributed by atoms with Gasteiger partial charge in [0, 0.05) is 6.54 Å². The van der Waals surface area contributed by atoms with E-state index in [4.69, 9.17) is 11.6 Å². The Kier molecular flexibility index (Phi) is 5.45. The van der Waals surface area contributed by atoms with Gasteiger partial charge in [-0.15, -0.1) is 0 Å². The van der Waals surface area contributed by atoms with Gasteiger partial charge in [0.2, 0.25) is 0 Å². The molecule has 0 bridgehead atoms. The highest BCUT2D eigenvalue weighted by atomic mass is 35.5. The van der Waals surface area contributed by atoms with Crippen LogP contribution in [0.15, 0.2) is 18.2 Å². The lowest BCUT2D eigenvalue weighted by molar-refractivity contribution is 0.273. The number of nitrogens with one attached hydrogen (secondary N) is 1. The molecule has 1 fully saturated rings. The van der Waals surface area contributed by atoms with Gasteiger partial charge in [-0.3, -0.25) is 0 Å². The van der Waals surface area contributed by atoms with E-state index in [2.05, 4.69) is 19.2 Å². The molecule has 1 aromatic carbocycles.